The summed E-state index contributed by atoms with van der Waals surface area (Å²) in [6, 6.07) is 13.8. The van der Waals surface area contributed by atoms with Crippen LogP contribution in [-0.2, 0) is 0 Å². The number of nitrogens with one attached hydrogen (secondary N) is 3. The highest BCUT2D eigenvalue weighted by molar-refractivity contribution is 5.98. The van der Waals surface area contributed by atoms with Gasteiger partial charge in [0.25, 0.3) is 5.84 Å². The molecule has 8 heteroatoms. The molecule has 0 fully saturated rings. The maximum absolute atomic E-state index is 12.7. The smallest absolute Gasteiger partial charge is 0.347 e. The van der Waals surface area contributed by atoms with Gasteiger partial charge in [-0.1, -0.05) is 0 Å². The highest BCUT2D eigenvalue weighted by Gasteiger charge is 2.17. The number of benzene rings is 2. The molecule has 5 rings (SSSR count). The van der Waals surface area contributed by atoms with Gasteiger partial charge in [0.05, 0.1) is 16.6 Å². The first kappa shape index (κ1) is 20.9. The highest BCUT2D eigenvalue weighted by Crippen LogP contribution is 2.25. The summed E-state index contributed by atoms with van der Waals surface area (Å²) < 4.78 is 5.66. The Bertz CT molecular complexity index is 1340. The average molecular weight is 438 g/mol. The molecule has 0 radical (unpaired) electrons. The van der Waals surface area contributed by atoms with E-state index in [2.05, 4.69) is 45.1 Å². The van der Waals surface area contributed by atoms with Crippen LogP contribution in [0, 0.1) is 0 Å². The number of aromatic amines is 1. The lowest BCUT2D eigenvalue weighted by atomic mass is 10.1. The Morgan fingerprint density at radius 2 is 1.97 bits per heavy atom. The minimum Gasteiger partial charge on any atom is -1.00 e. The first-order chi connectivity index (χ1) is 14.7. The Hall–Kier alpha value is -3.32. The van der Waals surface area contributed by atoms with Crippen LogP contribution in [0.3, 0.4) is 0 Å². The molecule has 0 saturated carbocycles. The van der Waals surface area contributed by atoms with Crippen molar-refractivity contribution < 1.29 is 21.8 Å². The Morgan fingerprint density at radius 1 is 1.13 bits per heavy atom. The zero-order valence-electron chi connectivity index (χ0n) is 17.5. The van der Waals surface area contributed by atoms with Gasteiger partial charge >= 0.3 is 5.63 Å². The van der Waals surface area contributed by atoms with Crippen molar-refractivity contribution in [1.29, 1.82) is 0 Å². The molecule has 0 spiro atoms. The summed E-state index contributed by atoms with van der Waals surface area (Å²) >= 11 is 0. The lowest BCUT2D eigenvalue weighted by molar-refractivity contribution is -0.444. The van der Waals surface area contributed by atoms with Gasteiger partial charge in [-0.05, 0) is 50.2 Å². The van der Waals surface area contributed by atoms with Crippen LogP contribution in [0.5, 0.6) is 0 Å². The molecule has 0 atom stereocenters. The third-order valence-electron chi connectivity index (χ3n) is 5.60. The van der Waals surface area contributed by atoms with Crippen molar-refractivity contribution in [3.63, 3.8) is 0 Å². The number of aromatic nitrogens is 2. The van der Waals surface area contributed by atoms with Crippen LogP contribution in [0.4, 0.5) is 5.69 Å². The number of amidine groups is 1. The average Bonchev–Trinajstić information content (AvgIpc) is 3.43. The predicted molar refractivity (Wildman–Crippen MR) is 119 cm³/mol. The maximum Gasteiger partial charge on any atom is 0.347 e. The molecule has 3 heterocycles. The molecule has 1 aliphatic heterocycles. The quantitative estimate of drug-likeness (QED) is 0.335. The molecule has 31 heavy (non-hydrogen) atoms. The van der Waals surface area contributed by atoms with Crippen LogP contribution in [0.15, 0.2) is 51.7 Å². The van der Waals surface area contributed by atoms with Crippen LogP contribution < -0.4 is 33.2 Å². The van der Waals surface area contributed by atoms with Crippen molar-refractivity contribution in [2.24, 2.45) is 0 Å². The van der Waals surface area contributed by atoms with Gasteiger partial charge in [-0.3, -0.25) is 10.3 Å². The summed E-state index contributed by atoms with van der Waals surface area (Å²) in [5.74, 6) is 1.53. The van der Waals surface area contributed by atoms with E-state index in [-0.39, 0.29) is 12.4 Å². The largest absolute Gasteiger partial charge is 1.00 e. The molecule has 2 aromatic carbocycles. The zero-order valence-corrected chi connectivity index (χ0v) is 18.2. The van der Waals surface area contributed by atoms with Crippen LogP contribution in [0.25, 0.3) is 33.4 Å². The van der Waals surface area contributed by atoms with Gasteiger partial charge in [0.2, 0.25) is 0 Å². The second-order valence-electron chi connectivity index (χ2n) is 7.39. The van der Waals surface area contributed by atoms with E-state index in [0.717, 1.165) is 59.7 Å². The second-order valence-corrected chi connectivity index (χ2v) is 7.39. The number of halogens is 1. The third kappa shape index (κ3) is 3.77. The minimum atomic E-state index is -0.396. The molecule has 0 aliphatic carbocycles. The first-order valence-corrected chi connectivity index (χ1v) is 10.3. The molecular weight excluding hydrogens is 414 g/mol. The number of anilines is 1. The van der Waals surface area contributed by atoms with Gasteiger partial charge in [0.1, 0.15) is 30.1 Å². The first-order valence-electron chi connectivity index (χ1n) is 10.3. The topological polar surface area (TPSA) is 88.1 Å². The Labute approximate surface area is 185 Å². The van der Waals surface area contributed by atoms with Crippen molar-refractivity contribution >= 4 is 33.5 Å². The molecule has 0 bridgehead atoms. The fraction of sp³-hybridized carbons (Fsp3) is 0.261. The van der Waals surface area contributed by atoms with Gasteiger partial charge in [0.15, 0.2) is 0 Å². The zero-order chi connectivity index (χ0) is 20.7. The van der Waals surface area contributed by atoms with Crippen LogP contribution in [-0.4, -0.2) is 42.0 Å². The van der Waals surface area contributed by atoms with Gasteiger partial charge in [-0.2, -0.15) is 0 Å². The van der Waals surface area contributed by atoms with E-state index in [1.807, 2.05) is 36.4 Å². The van der Waals surface area contributed by atoms with Crippen LogP contribution in [0.2, 0.25) is 0 Å². The molecule has 0 amide bonds. The van der Waals surface area contributed by atoms with Gasteiger partial charge in [0, 0.05) is 30.2 Å². The number of nitrogens with zero attached hydrogens (tertiary/aromatic N) is 2. The normalized spacial score (nSPS) is 13.2. The SMILES string of the molecule is CCN(CC)c1ccc2cc(-c3nc4ccc(C5=[NH+]CCN5)cc4[nH]3)c(=O)oc2c1.[Cl-]. The number of fused-ring (bicyclic) bond motifs is 2. The molecule has 1 aliphatic rings. The summed E-state index contributed by atoms with van der Waals surface area (Å²) in [5, 5.41) is 4.20. The van der Waals surface area contributed by atoms with E-state index < -0.39 is 5.63 Å². The Kier molecular flexibility index (Phi) is 5.69. The number of imidazole rings is 1. The standard InChI is InChI=1S/C23H23N5O2.ClH/c1-3-28(4-2)16-7-5-14-11-17(23(29)30-20(14)13-16)22-26-18-8-6-15(12-19(18)27-22)21-24-9-10-25-21;/h5-8,11-13H,3-4,9-10H2,1-2H3,(H,24,25)(H,26,27);1H. The van der Waals surface area contributed by atoms with Crippen LogP contribution >= 0.6 is 0 Å². The summed E-state index contributed by atoms with van der Waals surface area (Å²) in [6.07, 6.45) is 0. The number of hydrogen-bond acceptors (Lipinski definition) is 5. The van der Waals surface area contributed by atoms with Crippen molar-refractivity contribution in [2.45, 2.75) is 13.8 Å². The molecule has 7 nitrogen and oxygen atoms in total. The number of H-pyrrole nitrogens is 1. The molecule has 0 unspecified atom stereocenters. The van der Waals surface area contributed by atoms with Crippen molar-refractivity contribution in [3.8, 4) is 11.4 Å². The van der Waals surface area contributed by atoms with Gasteiger partial charge in [-0.25, -0.2) is 9.78 Å². The lowest BCUT2D eigenvalue weighted by Gasteiger charge is -2.20. The van der Waals surface area contributed by atoms with E-state index >= 15 is 0 Å². The minimum absolute atomic E-state index is 0. The maximum atomic E-state index is 12.7. The van der Waals surface area contributed by atoms with Crippen molar-refractivity contribution in [3.05, 3.63) is 58.4 Å². The monoisotopic (exact) mass is 437 g/mol. The second kappa shape index (κ2) is 8.43. The fourth-order valence-corrected chi connectivity index (χ4v) is 3.98. The summed E-state index contributed by atoms with van der Waals surface area (Å²) in [6.45, 7) is 7.84. The molecule has 4 aromatic rings. The van der Waals surface area contributed by atoms with E-state index in [1.165, 1.54) is 0 Å². The highest BCUT2D eigenvalue weighted by atomic mass is 35.5. The third-order valence-corrected chi connectivity index (χ3v) is 5.60. The van der Waals surface area contributed by atoms with Crippen molar-refractivity contribution in [1.82, 2.24) is 15.3 Å². The number of rotatable bonds is 5. The Morgan fingerprint density at radius 3 is 2.71 bits per heavy atom. The van der Waals surface area contributed by atoms with E-state index in [0.29, 0.717) is 17.0 Å². The summed E-state index contributed by atoms with van der Waals surface area (Å²) in [5.41, 5.74) is 4.41. The Balaban J connectivity index is 0.00000231. The fourth-order valence-electron chi connectivity index (χ4n) is 3.98. The lowest BCUT2D eigenvalue weighted by Crippen LogP contribution is -3.00. The van der Waals surface area contributed by atoms with Crippen LogP contribution in [0.1, 0.15) is 19.4 Å². The van der Waals surface area contributed by atoms with E-state index in [1.54, 1.807) is 0 Å². The summed E-state index contributed by atoms with van der Waals surface area (Å²) in [4.78, 5) is 26.2. The molecule has 3 N–H and O–H groups in total. The van der Waals surface area contributed by atoms with E-state index in [9.17, 15) is 4.79 Å². The predicted octanol–water partition coefficient (Wildman–Crippen LogP) is -1.38. The molecule has 160 valence electrons. The number of hydrogen-bond donors (Lipinski definition) is 3. The van der Waals surface area contributed by atoms with Gasteiger partial charge < -0.3 is 26.7 Å². The molecular formula is C23H24ClN5O2. The molecule has 0 saturated heterocycles. The van der Waals surface area contributed by atoms with E-state index in [4.69, 9.17) is 4.42 Å². The summed E-state index contributed by atoms with van der Waals surface area (Å²) in [7, 11) is 0. The van der Waals surface area contributed by atoms with Gasteiger partial charge in [-0.15, -0.1) is 0 Å². The van der Waals surface area contributed by atoms with Crippen molar-refractivity contribution in [2.75, 3.05) is 31.1 Å². The molecule has 2 aromatic heterocycles.